The fourth-order valence-corrected chi connectivity index (χ4v) is 4.50. The van der Waals surface area contributed by atoms with E-state index in [2.05, 4.69) is 62.4 Å². The molecule has 136 valence electrons. The highest BCUT2D eigenvalue weighted by atomic mass is 127. The molecule has 0 radical (unpaired) electrons. The van der Waals surface area contributed by atoms with Crippen LogP contribution in [-0.4, -0.2) is 14.6 Å². The van der Waals surface area contributed by atoms with Crippen molar-refractivity contribution in [2.45, 2.75) is 59.3 Å². The van der Waals surface area contributed by atoms with E-state index in [9.17, 15) is 10.2 Å². The first-order valence-corrected chi connectivity index (χ1v) is 10.8. The number of aromatic hydroxyl groups is 2. The number of alkyl halides is 1. The molecular formula is C22H29IO2. The molecule has 0 saturated carbocycles. The molecule has 2 N–H and O–H groups in total. The van der Waals surface area contributed by atoms with Crippen molar-refractivity contribution in [3.05, 3.63) is 57.6 Å². The monoisotopic (exact) mass is 452 g/mol. The van der Waals surface area contributed by atoms with Gasteiger partial charge in [-0.2, -0.15) is 0 Å². The molecule has 25 heavy (non-hydrogen) atoms. The van der Waals surface area contributed by atoms with Crippen LogP contribution in [0.5, 0.6) is 11.5 Å². The van der Waals surface area contributed by atoms with Gasteiger partial charge in [-0.15, -0.1) is 0 Å². The number of phenolic OH excluding ortho intramolecular Hbond substituents is 2. The Morgan fingerprint density at radius 2 is 1.04 bits per heavy atom. The van der Waals surface area contributed by atoms with E-state index >= 15 is 0 Å². The maximum atomic E-state index is 10.3. The minimum atomic E-state index is 0.280. The van der Waals surface area contributed by atoms with Crippen molar-refractivity contribution in [2.24, 2.45) is 0 Å². The van der Waals surface area contributed by atoms with Crippen molar-refractivity contribution in [3.8, 4) is 11.5 Å². The lowest BCUT2D eigenvalue weighted by Gasteiger charge is -2.24. The van der Waals surface area contributed by atoms with Gasteiger partial charge < -0.3 is 10.2 Å². The Hall–Kier alpha value is -1.23. The Labute approximate surface area is 165 Å². The summed E-state index contributed by atoms with van der Waals surface area (Å²) in [6.07, 6.45) is 3.46. The van der Waals surface area contributed by atoms with E-state index in [1.54, 1.807) is 0 Å². The fourth-order valence-electron chi connectivity index (χ4n) is 3.55. The highest BCUT2D eigenvalue weighted by Gasteiger charge is 2.21. The van der Waals surface area contributed by atoms with Crippen molar-refractivity contribution in [3.63, 3.8) is 0 Å². The summed E-state index contributed by atoms with van der Waals surface area (Å²) in [6.45, 7) is 8.44. The van der Waals surface area contributed by atoms with E-state index in [1.165, 1.54) is 22.3 Å². The number of halogens is 1. The first kappa shape index (κ1) is 20.1. The number of hydrogen-bond acceptors (Lipinski definition) is 2. The molecule has 0 aliphatic rings. The van der Waals surface area contributed by atoms with E-state index in [-0.39, 0.29) is 5.92 Å². The quantitative estimate of drug-likeness (QED) is 0.405. The van der Waals surface area contributed by atoms with Crippen LogP contribution < -0.4 is 0 Å². The first-order valence-electron chi connectivity index (χ1n) is 9.25. The SMILES string of the molecule is CCc1cc(C(CI)c2cc(CC)c(O)cc2CC)c(CC)cc1O. The molecule has 2 nitrogen and oxygen atoms in total. The molecule has 3 heteroatoms. The zero-order valence-electron chi connectivity index (χ0n) is 15.7. The third kappa shape index (κ3) is 4.13. The largest absolute Gasteiger partial charge is 0.508 e. The van der Waals surface area contributed by atoms with Crippen molar-refractivity contribution >= 4 is 22.6 Å². The smallest absolute Gasteiger partial charge is 0.119 e. The van der Waals surface area contributed by atoms with E-state index in [1.807, 2.05) is 12.1 Å². The summed E-state index contributed by atoms with van der Waals surface area (Å²) < 4.78 is 0.972. The second-order valence-electron chi connectivity index (χ2n) is 6.48. The summed E-state index contributed by atoms with van der Waals surface area (Å²) in [5, 5.41) is 20.5. The van der Waals surface area contributed by atoms with Gasteiger partial charge in [-0.1, -0.05) is 62.4 Å². The van der Waals surface area contributed by atoms with Crippen molar-refractivity contribution in [1.82, 2.24) is 0 Å². The number of phenols is 2. The molecule has 2 aromatic carbocycles. The molecule has 0 saturated heterocycles. The molecule has 0 amide bonds. The molecule has 0 aliphatic heterocycles. The topological polar surface area (TPSA) is 40.5 Å². The fraction of sp³-hybridized carbons (Fsp3) is 0.455. The van der Waals surface area contributed by atoms with Crippen molar-refractivity contribution in [2.75, 3.05) is 4.43 Å². The maximum absolute atomic E-state index is 10.3. The van der Waals surface area contributed by atoms with Gasteiger partial charge in [0, 0.05) is 10.3 Å². The highest BCUT2D eigenvalue weighted by Crippen LogP contribution is 2.37. The average molecular weight is 452 g/mol. The third-order valence-electron chi connectivity index (χ3n) is 5.11. The Balaban J connectivity index is 2.68. The molecule has 0 aliphatic carbocycles. The summed E-state index contributed by atoms with van der Waals surface area (Å²) in [5.74, 6) is 1.10. The van der Waals surface area contributed by atoms with Crippen LogP contribution in [0.2, 0.25) is 0 Å². The third-order valence-corrected chi connectivity index (χ3v) is 5.99. The van der Waals surface area contributed by atoms with Gasteiger partial charge >= 0.3 is 0 Å². The Morgan fingerprint density at radius 1 is 0.680 bits per heavy atom. The summed E-state index contributed by atoms with van der Waals surface area (Å²) in [7, 11) is 0. The van der Waals surface area contributed by atoms with Gasteiger partial charge in [-0.3, -0.25) is 0 Å². The predicted molar refractivity (Wildman–Crippen MR) is 114 cm³/mol. The number of aryl methyl sites for hydroxylation is 4. The second-order valence-corrected chi connectivity index (χ2v) is 7.36. The van der Waals surface area contributed by atoms with Crippen LogP contribution in [0.1, 0.15) is 67.0 Å². The van der Waals surface area contributed by atoms with Crippen LogP contribution in [0.25, 0.3) is 0 Å². The van der Waals surface area contributed by atoms with Gasteiger partial charge in [-0.05, 0) is 71.2 Å². The average Bonchev–Trinajstić information content (AvgIpc) is 2.63. The van der Waals surface area contributed by atoms with E-state index < -0.39 is 0 Å². The predicted octanol–water partition coefficient (Wildman–Crippen LogP) is 5.91. The maximum Gasteiger partial charge on any atom is 0.119 e. The lowest BCUT2D eigenvalue weighted by molar-refractivity contribution is 0.467. The minimum absolute atomic E-state index is 0.280. The molecule has 0 heterocycles. The number of benzene rings is 2. The van der Waals surface area contributed by atoms with Crippen molar-refractivity contribution < 1.29 is 10.2 Å². The molecule has 0 atom stereocenters. The second kappa shape index (κ2) is 8.93. The summed E-state index contributed by atoms with van der Waals surface area (Å²) in [5.41, 5.74) is 7.07. The minimum Gasteiger partial charge on any atom is -0.508 e. The van der Waals surface area contributed by atoms with Crippen molar-refractivity contribution in [1.29, 1.82) is 0 Å². The van der Waals surface area contributed by atoms with Crippen LogP contribution in [0.3, 0.4) is 0 Å². The molecule has 0 aromatic heterocycles. The lowest BCUT2D eigenvalue weighted by atomic mass is 9.83. The molecule has 2 aromatic rings. The standard InChI is InChI=1S/C22H29IO2/c1-5-14-11-21(24)16(7-3)9-18(14)20(13-23)19-10-17(8-4)22(25)12-15(19)6-2/h9-12,20,24-25H,5-8,13H2,1-4H3. The van der Waals surface area contributed by atoms with Crippen LogP contribution in [0, 0.1) is 0 Å². The van der Waals surface area contributed by atoms with E-state index in [4.69, 9.17) is 0 Å². The number of hydrogen-bond donors (Lipinski definition) is 2. The normalized spacial score (nSPS) is 11.3. The van der Waals surface area contributed by atoms with Crippen LogP contribution in [-0.2, 0) is 25.7 Å². The van der Waals surface area contributed by atoms with Gasteiger partial charge in [-0.25, -0.2) is 0 Å². The van der Waals surface area contributed by atoms with Crippen LogP contribution >= 0.6 is 22.6 Å². The van der Waals surface area contributed by atoms with E-state index in [0.29, 0.717) is 11.5 Å². The molecule has 0 fully saturated rings. The summed E-state index contributed by atoms with van der Waals surface area (Å²) >= 11 is 2.46. The van der Waals surface area contributed by atoms with Gasteiger partial charge in [0.1, 0.15) is 11.5 Å². The van der Waals surface area contributed by atoms with Gasteiger partial charge in [0.05, 0.1) is 0 Å². The van der Waals surface area contributed by atoms with Gasteiger partial charge in [0.15, 0.2) is 0 Å². The molecule has 0 bridgehead atoms. The molecule has 0 unspecified atom stereocenters. The highest BCUT2D eigenvalue weighted by molar-refractivity contribution is 14.1. The van der Waals surface area contributed by atoms with Crippen LogP contribution in [0.4, 0.5) is 0 Å². The zero-order chi connectivity index (χ0) is 18.6. The van der Waals surface area contributed by atoms with Crippen LogP contribution in [0.15, 0.2) is 24.3 Å². The molecule has 0 spiro atoms. The molecular weight excluding hydrogens is 423 g/mol. The van der Waals surface area contributed by atoms with Gasteiger partial charge in [0.2, 0.25) is 0 Å². The summed E-state index contributed by atoms with van der Waals surface area (Å²) in [4.78, 5) is 0. The Morgan fingerprint density at radius 3 is 1.32 bits per heavy atom. The molecule has 2 rings (SSSR count). The van der Waals surface area contributed by atoms with E-state index in [0.717, 1.165) is 41.2 Å². The Kier molecular flexibility index (Phi) is 7.17. The first-order chi connectivity index (χ1) is 12.0. The zero-order valence-corrected chi connectivity index (χ0v) is 17.9. The Bertz CT molecular complexity index is 676. The lowest BCUT2D eigenvalue weighted by Crippen LogP contribution is -2.10. The summed E-state index contributed by atoms with van der Waals surface area (Å²) in [6, 6.07) is 8.27. The number of rotatable bonds is 7. The van der Waals surface area contributed by atoms with Gasteiger partial charge in [0.25, 0.3) is 0 Å².